The third kappa shape index (κ3) is 5.76. The van der Waals surface area contributed by atoms with Gasteiger partial charge in [-0.1, -0.05) is 23.7 Å². The highest BCUT2D eigenvalue weighted by atomic mass is 35.5. The molecule has 30 heavy (non-hydrogen) atoms. The number of carbonyl (C=O) groups excluding carboxylic acids is 1. The van der Waals surface area contributed by atoms with Crippen LogP contribution in [0.1, 0.15) is 50.5 Å². The van der Waals surface area contributed by atoms with Crippen molar-refractivity contribution in [3.05, 3.63) is 34.9 Å². The van der Waals surface area contributed by atoms with Gasteiger partial charge in [0.05, 0.1) is 6.10 Å². The largest absolute Gasteiger partial charge is 0.393 e. The summed E-state index contributed by atoms with van der Waals surface area (Å²) in [6.45, 7) is 6.95. The summed E-state index contributed by atoms with van der Waals surface area (Å²) in [5.41, 5.74) is 1.27. The number of aliphatic hydroxyl groups is 1. The first-order chi connectivity index (χ1) is 14.6. The van der Waals surface area contributed by atoms with E-state index in [1.807, 2.05) is 17.0 Å². The van der Waals surface area contributed by atoms with E-state index in [1.54, 1.807) is 0 Å². The first-order valence-corrected chi connectivity index (χ1v) is 12.1. The molecule has 1 amide bonds. The maximum absolute atomic E-state index is 12.8. The average Bonchev–Trinajstić information content (AvgIpc) is 3.27. The van der Waals surface area contributed by atoms with Crippen molar-refractivity contribution in [2.24, 2.45) is 5.92 Å². The van der Waals surface area contributed by atoms with Gasteiger partial charge >= 0.3 is 0 Å². The van der Waals surface area contributed by atoms with Gasteiger partial charge in [-0.3, -0.25) is 9.69 Å². The van der Waals surface area contributed by atoms with Gasteiger partial charge in [0.25, 0.3) is 0 Å². The van der Waals surface area contributed by atoms with Crippen LogP contribution in [0.15, 0.2) is 24.3 Å². The van der Waals surface area contributed by atoms with E-state index >= 15 is 0 Å². The Balaban J connectivity index is 1.36. The third-order valence-corrected chi connectivity index (χ3v) is 7.46. The van der Waals surface area contributed by atoms with Crippen molar-refractivity contribution in [3.63, 3.8) is 0 Å². The lowest BCUT2D eigenvalue weighted by molar-refractivity contribution is -0.133. The van der Waals surface area contributed by atoms with Gasteiger partial charge < -0.3 is 14.9 Å². The van der Waals surface area contributed by atoms with Crippen molar-refractivity contribution in [1.82, 2.24) is 14.7 Å². The van der Waals surface area contributed by atoms with Gasteiger partial charge in [0.15, 0.2) is 0 Å². The molecule has 1 N–H and O–H groups in total. The number of hydrogen-bond acceptors (Lipinski definition) is 4. The minimum atomic E-state index is -0.230. The second-order valence-corrected chi connectivity index (χ2v) is 9.81. The molecular weight excluding hydrogens is 398 g/mol. The van der Waals surface area contributed by atoms with Crippen molar-refractivity contribution >= 4 is 17.5 Å². The highest BCUT2D eigenvalue weighted by Gasteiger charge is 2.35. The van der Waals surface area contributed by atoms with E-state index < -0.39 is 0 Å². The fourth-order valence-corrected chi connectivity index (χ4v) is 5.77. The molecule has 6 heteroatoms. The highest BCUT2D eigenvalue weighted by Crippen LogP contribution is 2.30. The molecule has 1 aromatic carbocycles. The van der Waals surface area contributed by atoms with Gasteiger partial charge in [-0.2, -0.15) is 0 Å². The molecule has 3 aliphatic heterocycles. The predicted octanol–water partition coefficient (Wildman–Crippen LogP) is 3.39. The molecule has 0 radical (unpaired) electrons. The van der Waals surface area contributed by atoms with Crippen LogP contribution in [0.25, 0.3) is 0 Å². The molecule has 166 valence electrons. The molecule has 3 fully saturated rings. The normalized spacial score (nSPS) is 26.9. The van der Waals surface area contributed by atoms with Gasteiger partial charge in [0.1, 0.15) is 0 Å². The summed E-state index contributed by atoms with van der Waals surface area (Å²) in [7, 11) is 0. The Labute approximate surface area is 186 Å². The van der Waals surface area contributed by atoms with Gasteiger partial charge in [0.2, 0.25) is 5.91 Å². The number of amides is 1. The number of aliphatic hydroxyl groups excluding tert-OH is 1. The van der Waals surface area contributed by atoms with Crippen molar-refractivity contribution in [3.8, 4) is 0 Å². The van der Waals surface area contributed by atoms with Gasteiger partial charge in [-0.05, 0) is 81.8 Å². The molecule has 0 aromatic heterocycles. The highest BCUT2D eigenvalue weighted by molar-refractivity contribution is 6.30. The molecule has 0 spiro atoms. The van der Waals surface area contributed by atoms with E-state index in [2.05, 4.69) is 21.9 Å². The first-order valence-electron chi connectivity index (χ1n) is 11.7. The summed E-state index contributed by atoms with van der Waals surface area (Å²) in [6.07, 6.45) is 6.62. The van der Waals surface area contributed by atoms with Crippen LogP contribution in [-0.4, -0.2) is 77.1 Å². The Morgan fingerprint density at radius 1 is 1.07 bits per heavy atom. The van der Waals surface area contributed by atoms with E-state index in [-0.39, 0.29) is 12.0 Å². The molecule has 1 aromatic rings. The van der Waals surface area contributed by atoms with Gasteiger partial charge in [0, 0.05) is 43.7 Å². The van der Waals surface area contributed by atoms with Crippen LogP contribution in [0.5, 0.6) is 0 Å². The Kier molecular flexibility index (Phi) is 7.69. The molecule has 3 heterocycles. The number of halogens is 1. The summed E-state index contributed by atoms with van der Waals surface area (Å²) in [4.78, 5) is 20.0. The number of carbonyl (C=O) groups is 1. The minimum absolute atomic E-state index is 0.230. The lowest BCUT2D eigenvalue weighted by atomic mass is 9.86. The number of piperidine rings is 2. The standard InChI is InChI=1S/C24H36ClN3O2/c25-21-5-3-4-19(16-21)17-26-13-10-23(27-11-1-2-12-27)20(18-26)6-7-24(30)28-14-8-22(29)9-15-28/h3-5,16,20,22-23,29H,1-2,6-15,17-18H2/t20-,23+/m0/s1. The second-order valence-electron chi connectivity index (χ2n) is 9.37. The molecule has 5 nitrogen and oxygen atoms in total. The van der Waals surface area contributed by atoms with Crippen LogP contribution < -0.4 is 0 Å². The molecule has 3 saturated heterocycles. The summed E-state index contributed by atoms with van der Waals surface area (Å²) in [5.74, 6) is 0.810. The molecule has 0 bridgehead atoms. The van der Waals surface area contributed by atoms with Crippen LogP contribution in [0.2, 0.25) is 5.02 Å². The number of hydrogen-bond donors (Lipinski definition) is 1. The lowest BCUT2D eigenvalue weighted by Crippen LogP contribution is -2.50. The topological polar surface area (TPSA) is 47.0 Å². The Morgan fingerprint density at radius 2 is 1.83 bits per heavy atom. The van der Waals surface area contributed by atoms with E-state index in [1.165, 1.54) is 37.9 Å². The van der Waals surface area contributed by atoms with Crippen LogP contribution in [0.4, 0.5) is 0 Å². The van der Waals surface area contributed by atoms with Crippen molar-refractivity contribution in [2.75, 3.05) is 39.3 Å². The zero-order chi connectivity index (χ0) is 20.9. The number of likely N-dealkylation sites (tertiary alicyclic amines) is 3. The van der Waals surface area contributed by atoms with E-state index in [0.717, 1.165) is 43.9 Å². The van der Waals surface area contributed by atoms with Crippen molar-refractivity contribution < 1.29 is 9.90 Å². The van der Waals surface area contributed by atoms with Crippen LogP contribution >= 0.6 is 11.6 Å². The summed E-state index contributed by atoms with van der Waals surface area (Å²) in [6, 6.07) is 8.79. The van der Waals surface area contributed by atoms with E-state index in [9.17, 15) is 9.90 Å². The van der Waals surface area contributed by atoms with Crippen molar-refractivity contribution in [1.29, 1.82) is 0 Å². The molecule has 0 aliphatic carbocycles. The monoisotopic (exact) mass is 433 g/mol. The maximum atomic E-state index is 12.8. The predicted molar refractivity (Wildman–Crippen MR) is 120 cm³/mol. The van der Waals surface area contributed by atoms with Crippen LogP contribution in [0, 0.1) is 5.92 Å². The Hall–Kier alpha value is -1.14. The SMILES string of the molecule is O=C(CC[C@H]1CN(Cc2cccc(Cl)c2)CC[C@H]1N1CCCC1)N1CCC(O)CC1. The summed E-state index contributed by atoms with van der Waals surface area (Å²) >= 11 is 6.18. The summed E-state index contributed by atoms with van der Waals surface area (Å²) < 4.78 is 0. The van der Waals surface area contributed by atoms with Crippen LogP contribution in [0.3, 0.4) is 0 Å². The van der Waals surface area contributed by atoms with E-state index in [0.29, 0.717) is 31.5 Å². The molecular formula is C24H36ClN3O2. The second kappa shape index (κ2) is 10.4. The molecule has 0 unspecified atom stereocenters. The molecule has 3 aliphatic rings. The zero-order valence-electron chi connectivity index (χ0n) is 18.0. The molecule has 2 atom stereocenters. The zero-order valence-corrected chi connectivity index (χ0v) is 18.8. The molecule has 0 saturated carbocycles. The van der Waals surface area contributed by atoms with Crippen molar-refractivity contribution in [2.45, 2.75) is 63.6 Å². The maximum Gasteiger partial charge on any atom is 0.222 e. The number of rotatable bonds is 6. The Morgan fingerprint density at radius 3 is 2.57 bits per heavy atom. The fourth-order valence-electron chi connectivity index (χ4n) is 5.55. The van der Waals surface area contributed by atoms with Gasteiger partial charge in [-0.25, -0.2) is 0 Å². The van der Waals surface area contributed by atoms with Crippen LogP contribution in [-0.2, 0) is 11.3 Å². The lowest BCUT2D eigenvalue weighted by Gasteiger charge is -2.43. The quantitative estimate of drug-likeness (QED) is 0.747. The van der Waals surface area contributed by atoms with Gasteiger partial charge in [-0.15, -0.1) is 0 Å². The fraction of sp³-hybridized carbons (Fsp3) is 0.708. The number of nitrogens with zero attached hydrogens (tertiary/aromatic N) is 3. The average molecular weight is 434 g/mol. The Bertz CT molecular complexity index is 701. The first kappa shape index (κ1) is 22.1. The van der Waals surface area contributed by atoms with E-state index in [4.69, 9.17) is 11.6 Å². The molecule has 4 rings (SSSR count). The smallest absolute Gasteiger partial charge is 0.222 e. The third-order valence-electron chi connectivity index (χ3n) is 7.23. The summed E-state index contributed by atoms with van der Waals surface area (Å²) in [5, 5.41) is 10.5. The number of benzene rings is 1. The minimum Gasteiger partial charge on any atom is -0.393 e.